The van der Waals surface area contributed by atoms with Gasteiger partial charge in [-0.15, -0.1) is 0 Å². The molecule has 0 radical (unpaired) electrons. The quantitative estimate of drug-likeness (QED) is 0.577. The summed E-state index contributed by atoms with van der Waals surface area (Å²) in [6, 6.07) is 0. The Morgan fingerprint density at radius 3 is 2.74 bits per heavy atom. The topological polar surface area (TPSA) is 127 Å². The molecule has 0 aliphatic carbocycles. The van der Waals surface area contributed by atoms with Gasteiger partial charge in [-0.3, -0.25) is 9.89 Å². The van der Waals surface area contributed by atoms with Crippen LogP contribution in [0.5, 0.6) is 0 Å². The Morgan fingerprint density at radius 2 is 2.21 bits per heavy atom. The maximum atomic E-state index is 11.8. The molecule has 8 nitrogen and oxygen atoms in total. The third kappa shape index (κ3) is 4.01. The molecule has 0 fully saturated rings. The van der Waals surface area contributed by atoms with Crippen LogP contribution in [0, 0.1) is 0 Å². The number of carbonyl (C=O) groups excluding carboxylic acids is 1. The van der Waals surface area contributed by atoms with Gasteiger partial charge in [-0.25, -0.2) is 13.6 Å². The maximum absolute atomic E-state index is 11.8. The van der Waals surface area contributed by atoms with E-state index in [0.717, 1.165) is 0 Å². The number of aromatic amines is 1. The summed E-state index contributed by atoms with van der Waals surface area (Å²) in [5, 5.41) is 13.9. The van der Waals surface area contributed by atoms with Gasteiger partial charge in [0.2, 0.25) is 10.0 Å². The summed E-state index contributed by atoms with van der Waals surface area (Å²) in [5.41, 5.74) is 0.143. The monoisotopic (exact) mass is 290 g/mol. The molecule has 108 valence electrons. The summed E-state index contributed by atoms with van der Waals surface area (Å²) >= 11 is 0. The lowest BCUT2D eigenvalue weighted by atomic mass is 10.2. The van der Waals surface area contributed by atoms with Crippen molar-refractivity contribution in [3.8, 4) is 0 Å². The van der Waals surface area contributed by atoms with Crippen molar-refractivity contribution in [2.24, 2.45) is 5.14 Å². The summed E-state index contributed by atoms with van der Waals surface area (Å²) in [6.07, 6.45) is 1.15. The third-order valence-electron chi connectivity index (χ3n) is 2.38. The highest BCUT2D eigenvalue weighted by molar-refractivity contribution is 7.89. The fourth-order valence-electron chi connectivity index (χ4n) is 1.60. The van der Waals surface area contributed by atoms with Crippen LogP contribution in [-0.4, -0.2) is 44.8 Å². The number of aromatic nitrogens is 2. The van der Waals surface area contributed by atoms with Crippen molar-refractivity contribution < 1.29 is 17.9 Å². The Balaban J connectivity index is 3.04. The van der Waals surface area contributed by atoms with Crippen molar-refractivity contribution >= 4 is 15.9 Å². The molecule has 1 amide bonds. The van der Waals surface area contributed by atoms with E-state index < -0.39 is 15.9 Å². The van der Waals surface area contributed by atoms with Crippen LogP contribution in [-0.2, 0) is 21.2 Å². The zero-order chi connectivity index (χ0) is 14.5. The smallest absolute Gasteiger partial charge is 0.273 e. The maximum Gasteiger partial charge on any atom is 0.273 e. The number of nitrogens with two attached hydrogens (primary N) is 1. The molecular weight excluding hydrogens is 272 g/mol. The number of nitrogens with one attached hydrogen (secondary N) is 2. The zero-order valence-electron chi connectivity index (χ0n) is 10.9. The number of hydrogen-bond donors (Lipinski definition) is 3. The molecular formula is C10H18N4O4S. The van der Waals surface area contributed by atoms with E-state index >= 15 is 0 Å². The predicted molar refractivity (Wildman–Crippen MR) is 68.2 cm³/mol. The number of primary sulfonamides is 1. The van der Waals surface area contributed by atoms with Crippen LogP contribution in [0.2, 0.25) is 0 Å². The van der Waals surface area contributed by atoms with E-state index in [0.29, 0.717) is 25.1 Å². The van der Waals surface area contributed by atoms with E-state index in [1.807, 2.05) is 6.92 Å². The van der Waals surface area contributed by atoms with Gasteiger partial charge in [0.1, 0.15) is 4.90 Å². The van der Waals surface area contributed by atoms with Gasteiger partial charge in [-0.05, 0) is 6.42 Å². The number of methoxy groups -OCH3 is 1. The lowest BCUT2D eigenvalue weighted by Gasteiger charge is -2.04. The summed E-state index contributed by atoms with van der Waals surface area (Å²) in [5.74, 6) is -0.598. The highest BCUT2D eigenvalue weighted by atomic mass is 32.2. The molecule has 4 N–H and O–H groups in total. The highest BCUT2D eigenvalue weighted by Gasteiger charge is 2.26. The van der Waals surface area contributed by atoms with Crippen molar-refractivity contribution in [1.29, 1.82) is 0 Å². The van der Waals surface area contributed by atoms with Gasteiger partial charge in [-0.2, -0.15) is 5.10 Å². The molecule has 1 aromatic rings. The van der Waals surface area contributed by atoms with Gasteiger partial charge in [-0.1, -0.05) is 13.3 Å². The molecule has 0 aromatic carbocycles. The molecule has 0 unspecified atom stereocenters. The summed E-state index contributed by atoms with van der Waals surface area (Å²) in [4.78, 5) is 11.6. The Morgan fingerprint density at radius 1 is 1.53 bits per heavy atom. The average Bonchev–Trinajstić information content (AvgIpc) is 2.73. The van der Waals surface area contributed by atoms with E-state index in [1.54, 1.807) is 0 Å². The SMILES string of the molecule is CCCc1[nH]nc(C(=O)NCCOC)c1S(N)(=O)=O. The number of ether oxygens (including phenoxy) is 1. The molecule has 0 aliphatic heterocycles. The first kappa shape index (κ1) is 15.6. The Labute approximate surface area is 111 Å². The number of hydrogen-bond acceptors (Lipinski definition) is 5. The van der Waals surface area contributed by atoms with Crippen molar-refractivity contribution in [2.45, 2.75) is 24.7 Å². The summed E-state index contributed by atoms with van der Waals surface area (Å²) in [7, 11) is -2.51. The summed E-state index contributed by atoms with van der Waals surface area (Å²) < 4.78 is 27.9. The van der Waals surface area contributed by atoms with Crippen LogP contribution >= 0.6 is 0 Å². The predicted octanol–water partition coefficient (Wildman–Crippen LogP) is -0.614. The summed E-state index contributed by atoms with van der Waals surface area (Å²) in [6.45, 7) is 2.46. The number of nitrogens with zero attached hydrogens (tertiary/aromatic N) is 1. The molecule has 19 heavy (non-hydrogen) atoms. The van der Waals surface area contributed by atoms with Crippen LogP contribution in [0.4, 0.5) is 0 Å². The van der Waals surface area contributed by atoms with Crippen LogP contribution in [0.1, 0.15) is 29.5 Å². The molecule has 1 heterocycles. The minimum absolute atomic E-state index is 0.206. The van der Waals surface area contributed by atoms with Gasteiger partial charge >= 0.3 is 0 Å². The third-order valence-corrected chi connectivity index (χ3v) is 3.39. The molecule has 0 aliphatic rings. The van der Waals surface area contributed by atoms with Gasteiger partial charge < -0.3 is 10.1 Å². The lowest BCUT2D eigenvalue weighted by molar-refractivity contribution is 0.0928. The molecule has 0 spiro atoms. The Kier molecular flexibility index (Phi) is 5.45. The fourth-order valence-corrected chi connectivity index (χ4v) is 2.50. The van der Waals surface area contributed by atoms with Crippen LogP contribution in [0.3, 0.4) is 0 Å². The molecule has 0 saturated carbocycles. The van der Waals surface area contributed by atoms with Gasteiger partial charge in [0.05, 0.1) is 12.3 Å². The second-order valence-electron chi connectivity index (χ2n) is 3.92. The average molecular weight is 290 g/mol. The first-order chi connectivity index (χ1) is 8.91. The molecule has 0 bridgehead atoms. The van der Waals surface area contributed by atoms with Crippen molar-refractivity contribution in [3.63, 3.8) is 0 Å². The van der Waals surface area contributed by atoms with Crippen molar-refractivity contribution in [2.75, 3.05) is 20.3 Å². The van der Waals surface area contributed by atoms with E-state index in [9.17, 15) is 13.2 Å². The number of carbonyl (C=O) groups is 1. The van der Waals surface area contributed by atoms with Crippen molar-refractivity contribution in [1.82, 2.24) is 15.5 Å². The van der Waals surface area contributed by atoms with E-state index in [1.165, 1.54) is 7.11 Å². The van der Waals surface area contributed by atoms with E-state index in [4.69, 9.17) is 9.88 Å². The van der Waals surface area contributed by atoms with Gasteiger partial charge in [0, 0.05) is 13.7 Å². The molecule has 9 heteroatoms. The minimum atomic E-state index is -4.00. The van der Waals surface area contributed by atoms with Crippen LogP contribution in [0.25, 0.3) is 0 Å². The van der Waals surface area contributed by atoms with Crippen LogP contribution in [0.15, 0.2) is 4.90 Å². The van der Waals surface area contributed by atoms with Gasteiger partial charge in [0.15, 0.2) is 5.69 Å². The fraction of sp³-hybridized carbons (Fsp3) is 0.600. The molecule has 1 aromatic heterocycles. The molecule has 0 atom stereocenters. The number of amides is 1. The number of H-pyrrole nitrogens is 1. The number of rotatable bonds is 7. The number of sulfonamides is 1. The van der Waals surface area contributed by atoms with E-state index in [-0.39, 0.29) is 17.1 Å². The molecule has 1 rings (SSSR count). The largest absolute Gasteiger partial charge is 0.383 e. The normalized spacial score (nSPS) is 11.5. The van der Waals surface area contributed by atoms with Gasteiger partial charge in [0.25, 0.3) is 5.91 Å². The first-order valence-electron chi connectivity index (χ1n) is 5.79. The second kappa shape index (κ2) is 6.64. The van der Waals surface area contributed by atoms with E-state index in [2.05, 4.69) is 15.5 Å². The highest BCUT2D eigenvalue weighted by Crippen LogP contribution is 2.18. The zero-order valence-corrected chi connectivity index (χ0v) is 11.7. The number of aryl methyl sites for hydroxylation is 1. The van der Waals surface area contributed by atoms with Crippen LogP contribution < -0.4 is 10.5 Å². The Bertz CT molecular complexity index is 538. The first-order valence-corrected chi connectivity index (χ1v) is 7.33. The lowest BCUT2D eigenvalue weighted by Crippen LogP contribution is -2.29. The Hall–Kier alpha value is -1.45. The minimum Gasteiger partial charge on any atom is -0.383 e. The van der Waals surface area contributed by atoms with Crippen molar-refractivity contribution in [3.05, 3.63) is 11.4 Å². The standard InChI is InChI=1S/C10H18N4O4S/c1-3-4-7-9(19(11,16)17)8(14-13-7)10(15)12-5-6-18-2/h3-6H2,1-2H3,(H,12,15)(H,13,14)(H2,11,16,17). The molecule has 0 saturated heterocycles. The second-order valence-corrected chi connectivity index (χ2v) is 5.42.